The molecule has 0 radical (unpaired) electrons. The standard InChI is InChI=1S/C15H18N2O4/c1-10-3-2-4-11(9-10)5-8-14(19)17-12(15(20)21)6-7-13(16)18/h2-5,8-9,12H,6-7H2,1H3,(H2,16,18)(H,17,19)(H,20,21)/b8-5+/t12-/m0/s1. The molecule has 1 atom stereocenters. The molecule has 0 aliphatic heterocycles. The fourth-order valence-electron chi connectivity index (χ4n) is 1.71. The number of primary amides is 1. The van der Waals surface area contributed by atoms with E-state index in [2.05, 4.69) is 5.32 Å². The van der Waals surface area contributed by atoms with Gasteiger partial charge >= 0.3 is 5.97 Å². The van der Waals surface area contributed by atoms with E-state index in [9.17, 15) is 14.4 Å². The van der Waals surface area contributed by atoms with E-state index in [1.165, 1.54) is 6.08 Å². The molecule has 0 spiro atoms. The lowest BCUT2D eigenvalue weighted by Gasteiger charge is -2.11. The summed E-state index contributed by atoms with van der Waals surface area (Å²) >= 11 is 0. The molecule has 0 unspecified atom stereocenters. The molecule has 4 N–H and O–H groups in total. The summed E-state index contributed by atoms with van der Waals surface area (Å²) < 4.78 is 0. The minimum atomic E-state index is -1.20. The summed E-state index contributed by atoms with van der Waals surface area (Å²) in [6.45, 7) is 1.93. The van der Waals surface area contributed by atoms with Gasteiger partial charge in [-0.05, 0) is 25.0 Å². The van der Waals surface area contributed by atoms with Crippen LogP contribution in [-0.2, 0) is 14.4 Å². The molecule has 6 heteroatoms. The normalized spacial score (nSPS) is 12.0. The van der Waals surface area contributed by atoms with Crippen molar-refractivity contribution < 1.29 is 19.5 Å². The SMILES string of the molecule is Cc1cccc(/C=C/C(=O)N[C@@H](CCC(N)=O)C(=O)O)c1. The average molecular weight is 290 g/mol. The lowest BCUT2D eigenvalue weighted by molar-refractivity contribution is -0.141. The van der Waals surface area contributed by atoms with Crippen LogP contribution in [0.4, 0.5) is 0 Å². The smallest absolute Gasteiger partial charge is 0.326 e. The lowest BCUT2D eigenvalue weighted by Crippen LogP contribution is -2.40. The molecule has 0 aromatic heterocycles. The Labute approximate surface area is 122 Å². The number of aryl methyl sites for hydroxylation is 1. The molecule has 6 nitrogen and oxygen atoms in total. The number of amides is 2. The minimum Gasteiger partial charge on any atom is -0.480 e. The fraction of sp³-hybridized carbons (Fsp3) is 0.267. The summed E-state index contributed by atoms with van der Waals surface area (Å²) in [5, 5.41) is 11.3. The van der Waals surface area contributed by atoms with Crippen molar-refractivity contribution in [1.82, 2.24) is 5.32 Å². The van der Waals surface area contributed by atoms with Gasteiger partial charge in [0.1, 0.15) is 6.04 Å². The van der Waals surface area contributed by atoms with Crippen molar-refractivity contribution in [1.29, 1.82) is 0 Å². The van der Waals surface area contributed by atoms with Crippen LogP contribution in [0.2, 0.25) is 0 Å². The first-order valence-electron chi connectivity index (χ1n) is 6.45. The monoisotopic (exact) mass is 290 g/mol. The quantitative estimate of drug-likeness (QED) is 0.646. The van der Waals surface area contributed by atoms with Gasteiger partial charge in [-0.15, -0.1) is 0 Å². The average Bonchev–Trinajstić information content (AvgIpc) is 2.40. The second-order valence-electron chi connectivity index (χ2n) is 4.65. The van der Waals surface area contributed by atoms with Gasteiger partial charge in [0.15, 0.2) is 0 Å². The van der Waals surface area contributed by atoms with Gasteiger partial charge in [0.05, 0.1) is 0 Å². The summed E-state index contributed by atoms with van der Waals surface area (Å²) in [6, 6.07) is 6.39. The maximum atomic E-state index is 11.7. The Hall–Kier alpha value is -2.63. The zero-order valence-electron chi connectivity index (χ0n) is 11.7. The summed E-state index contributed by atoms with van der Waals surface area (Å²) in [7, 11) is 0. The third-order valence-electron chi connectivity index (χ3n) is 2.76. The van der Waals surface area contributed by atoms with Crippen molar-refractivity contribution in [3.8, 4) is 0 Å². The van der Waals surface area contributed by atoms with Crippen molar-refractivity contribution in [3.63, 3.8) is 0 Å². The highest BCUT2D eigenvalue weighted by Crippen LogP contribution is 2.06. The number of rotatable bonds is 7. The number of hydrogen-bond donors (Lipinski definition) is 3. The van der Waals surface area contributed by atoms with Crippen LogP contribution in [0, 0.1) is 6.92 Å². The van der Waals surface area contributed by atoms with Gasteiger partial charge in [0, 0.05) is 12.5 Å². The summed E-state index contributed by atoms with van der Waals surface area (Å²) in [5.74, 6) is -2.34. The van der Waals surface area contributed by atoms with Gasteiger partial charge in [-0.1, -0.05) is 29.8 Å². The number of carboxylic acid groups (broad SMARTS) is 1. The van der Waals surface area contributed by atoms with Crippen molar-refractivity contribution >= 4 is 23.9 Å². The molecule has 1 aromatic carbocycles. The predicted molar refractivity (Wildman–Crippen MR) is 78.2 cm³/mol. The third kappa shape index (κ3) is 6.38. The van der Waals surface area contributed by atoms with Crippen LogP contribution in [0.1, 0.15) is 24.0 Å². The molecule has 112 valence electrons. The Morgan fingerprint density at radius 2 is 2.10 bits per heavy atom. The zero-order chi connectivity index (χ0) is 15.8. The first-order chi connectivity index (χ1) is 9.88. The topological polar surface area (TPSA) is 109 Å². The van der Waals surface area contributed by atoms with E-state index < -0.39 is 23.8 Å². The number of carbonyl (C=O) groups excluding carboxylic acids is 2. The number of carbonyl (C=O) groups is 3. The second-order valence-corrected chi connectivity index (χ2v) is 4.65. The Bertz CT molecular complexity index is 567. The Morgan fingerprint density at radius 1 is 1.38 bits per heavy atom. The largest absolute Gasteiger partial charge is 0.480 e. The molecule has 0 bridgehead atoms. The minimum absolute atomic E-state index is 0.0330. The maximum Gasteiger partial charge on any atom is 0.326 e. The third-order valence-corrected chi connectivity index (χ3v) is 2.76. The van der Waals surface area contributed by atoms with E-state index in [0.29, 0.717) is 0 Å². The molecule has 0 saturated heterocycles. The zero-order valence-corrected chi connectivity index (χ0v) is 11.7. The first kappa shape index (κ1) is 16.4. The highest BCUT2D eigenvalue weighted by atomic mass is 16.4. The van der Waals surface area contributed by atoms with Crippen LogP contribution in [0.5, 0.6) is 0 Å². The van der Waals surface area contributed by atoms with Crippen molar-refractivity contribution in [2.45, 2.75) is 25.8 Å². The molecule has 0 aliphatic carbocycles. The van der Waals surface area contributed by atoms with Crippen LogP contribution in [0.3, 0.4) is 0 Å². The van der Waals surface area contributed by atoms with Gasteiger partial charge in [-0.3, -0.25) is 9.59 Å². The van der Waals surface area contributed by atoms with Crippen molar-refractivity contribution in [3.05, 3.63) is 41.5 Å². The second kappa shape index (κ2) is 7.84. The summed E-state index contributed by atoms with van der Waals surface area (Å²) in [6.07, 6.45) is 2.72. The molecule has 0 fully saturated rings. The molecule has 1 rings (SSSR count). The van der Waals surface area contributed by atoms with E-state index >= 15 is 0 Å². The lowest BCUT2D eigenvalue weighted by atomic mass is 10.1. The molecule has 21 heavy (non-hydrogen) atoms. The number of nitrogens with one attached hydrogen (secondary N) is 1. The van der Waals surface area contributed by atoms with E-state index in [1.54, 1.807) is 6.08 Å². The Balaban J connectivity index is 2.61. The van der Waals surface area contributed by atoms with Crippen molar-refractivity contribution in [2.75, 3.05) is 0 Å². The number of benzene rings is 1. The van der Waals surface area contributed by atoms with Crippen molar-refractivity contribution in [2.24, 2.45) is 5.73 Å². The van der Waals surface area contributed by atoms with E-state index in [4.69, 9.17) is 10.8 Å². The first-order valence-corrected chi connectivity index (χ1v) is 6.45. The number of nitrogens with two attached hydrogens (primary N) is 1. The van der Waals surface area contributed by atoms with E-state index in [0.717, 1.165) is 11.1 Å². The highest BCUT2D eigenvalue weighted by molar-refractivity contribution is 5.94. The van der Waals surface area contributed by atoms with Crippen LogP contribution >= 0.6 is 0 Å². The molecule has 0 saturated carbocycles. The summed E-state index contributed by atoms with van der Waals surface area (Å²) in [4.78, 5) is 33.3. The van der Waals surface area contributed by atoms with E-state index in [1.807, 2.05) is 31.2 Å². The maximum absolute atomic E-state index is 11.7. The van der Waals surface area contributed by atoms with Crippen LogP contribution in [0.15, 0.2) is 30.3 Å². The number of aliphatic carboxylic acids is 1. The van der Waals surface area contributed by atoms with Crippen LogP contribution in [0.25, 0.3) is 6.08 Å². The Morgan fingerprint density at radius 3 is 2.67 bits per heavy atom. The molecular weight excluding hydrogens is 272 g/mol. The Kier molecular flexibility index (Phi) is 6.13. The van der Waals surface area contributed by atoms with E-state index in [-0.39, 0.29) is 12.8 Å². The molecular formula is C15H18N2O4. The van der Waals surface area contributed by atoms with Gasteiger partial charge in [-0.2, -0.15) is 0 Å². The van der Waals surface area contributed by atoms with Gasteiger partial charge in [-0.25, -0.2) is 4.79 Å². The molecule has 2 amide bonds. The predicted octanol–water partition coefficient (Wildman–Crippen LogP) is 0.843. The van der Waals surface area contributed by atoms with Crippen LogP contribution in [-0.4, -0.2) is 28.9 Å². The number of carboxylic acids is 1. The van der Waals surface area contributed by atoms with Gasteiger partial charge in [0.25, 0.3) is 0 Å². The number of hydrogen-bond acceptors (Lipinski definition) is 3. The molecule has 0 heterocycles. The van der Waals surface area contributed by atoms with Crippen LogP contribution < -0.4 is 11.1 Å². The van der Waals surface area contributed by atoms with Gasteiger partial charge in [0.2, 0.25) is 11.8 Å². The fourth-order valence-corrected chi connectivity index (χ4v) is 1.71. The summed E-state index contributed by atoms with van der Waals surface area (Å²) in [5.41, 5.74) is 6.86. The highest BCUT2D eigenvalue weighted by Gasteiger charge is 2.19. The molecule has 1 aromatic rings. The molecule has 0 aliphatic rings. The van der Waals surface area contributed by atoms with Gasteiger partial charge < -0.3 is 16.2 Å².